The summed E-state index contributed by atoms with van der Waals surface area (Å²) >= 11 is 0. The van der Waals surface area contributed by atoms with E-state index in [-0.39, 0.29) is 12.2 Å². The predicted molar refractivity (Wildman–Crippen MR) is 242 cm³/mol. The van der Waals surface area contributed by atoms with Gasteiger partial charge in [0.25, 0.3) is 0 Å². The summed E-state index contributed by atoms with van der Waals surface area (Å²) in [4.78, 5) is 0. The highest BCUT2D eigenvalue weighted by Crippen LogP contribution is 2.67. The largest absolute Gasteiger partial charge is 0.393 e. The Morgan fingerprint density at radius 2 is 1.44 bits per heavy atom. The minimum atomic E-state index is -0.535. The average Bonchev–Trinajstić information content (AvgIpc) is 3.69. The van der Waals surface area contributed by atoms with Gasteiger partial charge in [-0.25, -0.2) is 0 Å². The van der Waals surface area contributed by atoms with Crippen molar-refractivity contribution in [2.75, 3.05) is 0 Å². The van der Waals surface area contributed by atoms with Gasteiger partial charge in [-0.2, -0.15) is 0 Å². The monoisotopic (exact) mass is 787 g/mol. The fourth-order valence-corrected chi connectivity index (χ4v) is 15.3. The van der Waals surface area contributed by atoms with Crippen LogP contribution < -0.4 is 0 Å². The second-order valence-electron chi connectivity index (χ2n) is 23.4. The zero-order valence-electron chi connectivity index (χ0n) is 38.7. The summed E-state index contributed by atoms with van der Waals surface area (Å²) in [5.41, 5.74) is 6.62. The normalized spacial score (nSPS) is 41.8. The van der Waals surface area contributed by atoms with Crippen molar-refractivity contribution in [3.63, 3.8) is 0 Å². The van der Waals surface area contributed by atoms with E-state index in [1.165, 1.54) is 107 Å². The number of aliphatic hydroxyl groups is 3. The zero-order valence-corrected chi connectivity index (χ0v) is 38.7. The third kappa shape index (κ3) is 9.98. The van der Waals surface area contributed by atoms with Crippen LogP contribution in [-0.4, -0.2) is 33.1 Å². The van der Waals surface area contributed by atoms with E-state index >= 15 is 0 Å². The molecule has 7 aliphatic rings. The molecule has 7 rings (SSSR count). The summed E-state index contributed by atoms with van der Waals surface area (Å²) in [6.45, 7) is 25.7. The highest BCUT2D eigenvalue weighted by molar-refractivity contribution is 5.36. The Hall–Kier alpha value is -1.16. The Morgan fingerprint density at radius 3 is 2.16 bits per heavy atom. The Balaban J connectivity index is 0.000000193. The van der Waals surface area contributed by atoms with E-state index in [9.17, 15) is 15.3 Å². The number of allylic oxidation sites excluding steroid dienone is 5. The molecule has 6 saturated carbocycles. The Bertz CT molecular complexity index is 1460. The molecule has 0 saturated heterocycles. The molecule has 0 spiro atoms. The summed E-state index contributed by atoms with van der Waals surface area (Å²) < 4.78 is 0. The SMILES string of the molecule is C=C1CC[C@H](O)C/C1=C/C=C1\CCC[C@]2(C)[C@@H]([C@H](C)CCCC(C)(C)O)CC[C@@H]12.CC(C)CCC[C@@H](C)[C@H]1CC[C@H]2[C@@H]3CC=C4C[C@@H](O)CC[C@]4(C)[C@H]3CC[C@]12C. The topological polar surface area (TPSA) is 60.7 Å². The van der Waals surface area contributed by atoms with Gasteiger partial charge >= 0.3 is 0 Å². The number of fused-ring (bicyclic) bond motifs is 6. The van der Waals surface area contributed by atoms with Gasteiger partial charge in [0, 0.05) is 0 Å². The van der Waals surface area contributed by atoms with Gasteiger partial charge in [0.2, 0.25) is 0 Å². The summed E-state index contributed by atoms with van der Waals surface area (Å²) in [7, 11) is 0. The summed E-state index contributed by atoms with van der Waals surface area (Å²) in [5, 5.41) is 30.3. The maximum absolute atomic E-state index is 10.2. The second kappa shape index (κ2) is 18.4. The first kappa shape index (κ1) is 45.4. The van der Waals surface area contributed by atoms with Crippen molar-refractivity contribution < 1.29 is 15.3 Å². The van der Waals surface area contributed by atoms with Crippen LogP contribution in [0.3, 0.4) is 0 Å². The lowest BCUT2D eigenvalue weighted by Gasteiger charge is -2.58. The van der Waals surface area contributed by atoms with E-state index in [0.29, 0.717) is 16.2 Å². The highest BCUT2D eigenvalue weighted by atomic mass is 16.3. The number of hydrogen-bond donors (Lipinski definition) is 3. The van der Waals surface area contributed by atoms with E-state index in [2.05, 4.69) is 73.3 Å². The fraction of sp³-hybridized carbons (Fsp3) is 0.852. The number of rotatable bonds is 11. The molecule has 57 heavy (non-hydrogen) atoms. The van der Waals surface area contributed by atoms with Crippen molar-refractivity contribution in [3.8, 4) is 0 Å². The molecule has 0 aliphatic heterocycles. The van der Waals surface area contributed by atoms with Crippen molar-refractivity contribution in [2.45, 2.75) is 221 Å². The Morgan fingerprint density at radius 1 is 0.754 bits per heavy atom. The van der Waals surface area contributed by atoms with E-state index in [4.69, 9.17) is 0 Å². The van der Waals surface area contributed by atoms with Crippen LogP contribution in [0.25, 0.3) is 0 Å². The van der Waals surface area contributed by atoms with Crippen LogP contribution in [0.15, 0.2) is 47.1 Å². The molecule has 0 aromatic heterocycles. The van der Waals surface area contributed by atoms with Gasteiger partial charge in [0.1, 0.15) is 0 Å². The molecule has 3 nitrogen and oxygen atoms in total. The molecule has 0 radical (unpaired) electrons. The zero-order chi connectivity index (χ0) is 41.3. The van der Waals surface area contributed by atoms with Crippen LogP contribution in [0, 0.1) is 69.5 Å². The molecule has 0 heterocycles. The first-order chi connectivity index (χ1) is 26.9. The third-order valence-electron chi connectivity index (χ3n) is 18.6. The molecule has 0 unspecified atom stereocenters. The summed E-state index contributed by atoms with van der Waals surface area (Å²) in [5.74, 6) is 7.71. The third-order valence-corrected chi connectivity index (χ3v) is 18.6. The van der Waals surface area contributed by atoms with E-state index < -0.39 is 5.60 Å². The van der Waals surface area contributed by atoms with Crippen molar-refractivity contribution >= 4 is 0 Å². The molecule has 0 aromatic rings. The molecule has 324 valence electrons. The van der Waals surface area contributed by atoms with Gasteiger partial charge in [-0.05, 0) is 198 Å². The van der Waals surface area contributed by atoms with Crippen LogP contribution in [-0.2, 0) is 0 Å². The quantitative estimate of drug-likeness (QED) is 0.183. The van der Waals surface area contributed by atoms with Gasteiger partial charge in [-0.3, -0.25) is 0 Å². The number of hydrogen-bond acceptors (Lipinski definition) is 3. The lowest BCUT2D eigenvalue weighted by molar-refractivity contribution is -0.0573. The molecule has 0 amide bonds. The molecule has 7 aliphatic carbocycles. The fourth-order valence-electron chi connectivity index (χ4n) is 15.3. The summed E-state index contributed by atoms with van der Waals surface area (Å²) in [6, 6.07) is 0. The van der Waals surface area contributed by atoms with Crippen molar-refractivity contribution in [3.05, 3.63) is 47.1 Å². The van der Waals surface area contributed by atoms with Gasteiger partial charge < -0.3 is 15.3 Å². The maximum Gasteiger partial charge on any atom is 0.0591 e. The standard InChI is InChI=1S/C27H44O2.C27H46O/c1-19-10-13-23(28)18-22(19)12-11-21-9-7-17-27(5)24(14-15-25(21)27)20(2)8-6-16-26(3,4)29;1-18(2)7-6-8-19(3)23-11-12-24-22-10-9-20-17-21(28)13-15-26(20,4)25(22)14-16-27(23,24)5/h11-12,20,23-25,28-29H,1,6-10,13-18H2,2-5H3;9,18-19,21-25,28H,6-8,10-17H2,1-5H3/b21-11+,22-12-;/t20-,23+,24-,25+,27-;19-,21+,22+,23-,24+,25+,26+,27-/m11/s1. The minimum absolute atomic E-state index is 0.0766. The first-order valence-electron chi connectivity index (χ1n) is 24.7. The van der Waals surface area contributed by atoms with E-state index in [1.807, 2.05) is 13.8 Å². The average molecular weight is 787 g/mol. The van der Waals surface area contributed by atoms with Crippen LogP contribution in [0.4, 0.5) is 0 Å². The van der Waals surface area contributed by atoms with Crippen molar-refractivity contribution in [2.24, 2.45) is 69.5 Å². The van der Waals surface area contributed by atoms with Crippen LogP contribution in [0.2, 0.25) is 0 Å². The Labute approximate surface area is 352 Å². The lowest BCUT2D eigenvalue weighted by atomic mass is 9.47. The molecular weight excluding hydrogens is 697 g/mol. The lowest BCUT2D eigenvalue weighted by Crippen LogP contribution is -2.50. The molecule has 3 heteroatoms. The molecule has 13 atom stereocenters. The maximum atomic E-state index is 10.2. The van der Waals surface area contributed by atoms with Crippen molar-refractivity contribution in [1.29, 1.82) is 0 Å². The van der Waals surface area contributed by atoms with Crippen LogP contribution in [0.1, 0.15) is 204 Å². The first-order valence-corrected chi connectivity index (χ1v) is 24.7. The van der Waals surface area contributed by atoms with Gasteiger partial charge in [-0.1, -0.05) is 122 Å². The van der Waals surface area contributed by atoms with Crippen molar-refractivity contribution in [1.82, 2.24) is 0 Å². The van der Waals surface area contributed by atoms with E-state index in [1.54, 1.807) is 11.1 Å². The molecule has 6 fully saturated rings. The Kier molecular flexibility index (Phi) is 14.7. The molecular formula is C54H90O3. The minimum Gasteiger partial charge on any atom is -0.393 e. The molecule has 3 N–H and O–H groups in total. The smallest absolute Gasteiger partial charge is 0.0591 e. The van der Waals surface area contributed by atoms with Gasteiger partial charge in [-0.15, -0.1) is 0 Å². The summed E-state index contributed by atoms with van der Waals surface area (Å²) in [6.07, 6.45) is 34.1. The van der Waals surface area contributed by atoms with Gasteiger partial charge in [0.05, 0.1) is 17.8 Å². The van der Waals surface area contributed by atoms with Crippen LogP contribution in [0.5, 0.6) is 0 Å². The predicted octanol–water partition coefficient (Wildman–Crippen LogP) is 14.1. The number of aliphatic hydroxyl groups excluding tert-OH is 2. The molecule has 0 aromatic carbocycles. The molecule has 0 bridgehead atoms. The highest BCUT2D eigenvalue weighted by Gasteiger charge is 2.59. The van der Waals surface area contributed by atoms with E-state index in [0.717, 1.165) is 98.2 Å². The van der Waals surface area contributed by atoms with Crippen LogP contribution >= 0.6 is 0 Å². The second-order valence-corrected chi connectivity index (χ2v) is 23.4. The van der Waals surface area contributed by atoms with Gasteiger partial charge in [0.15, 0.2) is 0 Å².